The van der Waals surface area contributed by atoms with E-state index in [0.717, 1.165) is 5.57 Å². The summed E-state index contributed by atoms with van der Waals surface area (Å²) in [6.07, 6.45) is -0.0976. The molecule has 1 aromatic carbocycles. The summed E-state index contributed by atoms with van der Waals surface area (Å²) in [5, 5.41) is 12.1. The summed E-state index contributed by atoms with van der Waals surface area (Å²) in [5.41, 5.74) is 0.221. The topological polar surface area (TPSA) is 66.4 Å². The Bertz CT molecular complexity index is 481. The largest absolute Gasteiger partial charge is 0.481 e. The Morgan fingerprint density at radius 1 is 1.32 bits per heavy atom. The van der Waals surface area contributed by atoms with Crippen molar-refractivity contribution in [3.63, 3.8) is 0 Å². The number of benzene rings is 1. The number of carboxylic acids is 1. The number of aliphatic carboxylic acids is 1. The number of hydrogen-bond donors (Lipinski definition) is 2. The summed E-state index contributed by atoms with van der Waals surface area (Å²) in [4.78, 5) is 23.3. The van der Waals surface area contributed by atoms with Gasteiger partial charge in [-0.25, -0.2) is 0 Å². The van der Waals surface area contributed by atoms with Crippen molar-refractivity contribution in [3.8, 4) is 0 Å². The lowest BCUT2D eigenvalue weighted by Gasteiger charge is -2.24. The molecular weight excluding hydrogens is 242 g/mol. The SMILES string of the molecule is C=C(C)CNC(=O)CC(C)(C(=O)O)c1ccccc1. The molecule has 0 saturated heterocycles. The van der Waals surface area contributed by atoms with Crippen molar-refractivity contribution in [2.24, 2.45) is 0 Å². The molecule has 0 bridgehead atoms. The summed E-state index contributed by atoms with van der Waals surface area (Å²) in [5.74, 6) is -1.30. The summed E-state index contributed by atoms with van der Waals surface area (Å²) < 4.78 is 0. The van der Waals surface area contributed by atoms with Crippen LogP contribution in [-0.2, 0) is 15.0 Å². The third kappa shape index (κ3) is 3.95. The first-order chi connectivity index (χ1) is 8.86. The molecule has 1 amide bonds. The van der Waals surface area contributed by atoms with Crippen molar-refractivity contribution < 1.29 is 14.7 Å². The molecule has 0 aliphatic carbocycles. The predicted octanol–water partition coefficient (Wildman–Crippen LogP) is 2.11. The fourth-order valence-electron chi connectivity index (χ4n) is 1.74. The number of nitrogens with one attached hydrogen (secondary N) is 1. The lowest BCUT2D eigenvalue weighted by molar-refractivity contribution is -0.145. The molecule has 0 fully saturated rings. The first kappa shape index (κ1) is 15.0. The first-order valence-corrected chi connectivity index (χ1v) is 6.06. The van der Waals surface area contributed by atoms with E-state index in [1.54, 1.807) is 38.1 Å². The Hall–Kier alpha value is -2.10. The number of carbonyl (C=O) groups is 2. The van der Waals surface area contributed by atoms with Crippen molar-refractivity contribution in [2.45, 2.75) is 25.7 Å². The summed E-state index contributed by atoms with van der Waals surface area (Å²) in [6.45, 7) is 7.41. The average Bonchev–Trinajstić information content (AvgIpc) is 2.37. The number of carboxylic acid groups (broad SMARTS) is 1. The number of rotatable bonds is 6. The second-order valence-corrected chi connectivity index (χ2v) is 4.91. The van der Waals surface area contributed by atoms with Crippen LogP contribution in [0.15, 0.2) is 42.5 Å². The molecule has 0 spiro atoms. The van der Waals surface area contributed by atoms with Crippen LogP contribution in [0.1, 0.15) is 25.8 Å². The summed E-state index contributed by atoms with van der Waals surface area (Å²) >= 11 is 0. The highest BCUT2D eigenvalue weighted by Crippen LogP contribution is 2.27. The molecule has 102 valence electrons. The highest BCUT2D eigenvalue weighted by Gasteiger charge is 2.37. The van der Waals surface area contributed by atoms with Crippen molar-refractivity contribution >= 4 is 11.9 Å². The molecule has 1 aromatic rings. The summed E-state index contributed by atoms with van der Waals surface area (Å²) in [7, 11) is 0. The fourth-order valence-corrected chi connectivity index (χ4v) is 1.74. The van der Waals surface area contributed by atoms with Crippen LogP contribution in [0.4, 0.5) is 0 Å². The van der Waals surface area contributed by atoms with Crippen LogP contribution in [0.2, 0.25) is 0 Å². The number of hydrogen-bond acceptors (Lipinski definition) is 2. The molecule has 1 atom stereocenters. The van der Waals surface area contributed by atoms with Gasteiger partial charge in [-0.15, -0.1) is 0 Å². The Labute approximate surface area is 113 Å². The molecule has 0 aliphatic heterocycles. The van der Waals surface area contributed by atoms with Gasteiger partial charge in [0.1, 0.15) is 0 Å². The molecular formula is C15H19NO3. The maximum absolute atomic E-state index is 11.8. The molecule has 0 saturated carbocycles. The van der Waals surface area contributed by atoms with Crippen LogP contribution in [0, 0.1) is 0 Å². The predicted molar refractivity (Wildman–Crippen MR) is 73.9 cm³/mol. The average molecular weight is 261 g/mol. The highest BCUT2D eigenvalue weighted by molar-refractivity contribution is 5.89. The molecule has 4 heteroatoms. The second kappa shape index (κ2) is 6.18. The minimum absolute atomic E-state index is 0.0976. The van der Waals surface area contributed by atoms with E-state index in [2.05, 4.69) is 11.9 Å². The normalized spacial score (nSPS) is 13.4. The minimum Gasteiger partial charge on any atom is -0.481 e. The lowest BCUT2D eigenvalue weighted by Crippen LogP contribution is -2.39. The van der Waals surface area contributed by atoms with Crippen molar-refractivity contribution in [3.05, 3.63) is 48.0 Å². The maximum atomic E-state index is 11.8. The van der Waals surface area contributed by atoms with Gasteiger partial charge in [0.05, 0.1) is 5.41 Å². The maximum Gasteiger partial charge on any atom is 0.314 e. The fraction of sp³-hybridized carbons (Fsp3) is 0.333. The van der Waals surface area contributed by atoms with E-state index in [1.165, 1.54) is 0 Å². The second-order valence-electron chi connectivity index (χ2n) is 4.91. The molecule has 0 radical (unpaired) electrons. The molecule has 2 N–H and O–H groups in total. The molecule has 1 rings (SSSR count). The van der Waals surface area contributed by atoms with Crippen molar-refractivity contribution in [1.29, 1.82) is 0 Å². The monoisotopic (exact) mass is 261 g/mol. The molecule has 19 heavy (non-hydrogen) atoms. The molecule has 0 heterocycles. The van der Waals surface area contributed by atoms with Crippen LogP contribution in [0.25, 0.3) is 0 Å². The van der Waals surface area contributed by atoms with Crippen LogP contribution in [0.5, 0.6) is 0 Å². The third-order valence-electron chi connectivity index (χ3n) is 2.98. The quantitative estimate of drug-likeness (QED) is 0.771. The Morgan fingerprint density at radius 3 is 2.37 bits per heavy atom. The standard InChI is InChI=1S/C15H19NO3/c1-11(2)10-16-13(17)9-15(3,14(18)19)12-7-5-4-6-8-12/h4-8H,1,9-10H2,2-3H3,(H,16,17)(H,18,19). The van der Waals surface area contributed by atoms with Gasteiger partial charge in [0.15, 0.2) is 0 Å². The van der Waals surface area contributed by atoms with Crippen molar-refractivity contribution in [2.75, 3.05) is 6.54 Å². The smallest absolute Gasteiger partial charge is 0.314 e. The van der Waals surface area contributed by atoms with E-state index in [0.29, 0.717) is 12.1 Å². The van der Waals surface area contributed by atoms with Gasteiger partial charge in [-0.2, -0.15) is 0 Å². The number of amides is 1. The van der Waals surface area contributed by atoms with Gasteiger partial charge in [0.2, 0.25) is 5.91 Å². The van der Waals surface area contributed by atoms with E-state index >= 15 is 0 Å². The Kier molecular flexibility index (Phi) is 4.87. The third-order valence-corrected chi connectivity index (χ3v) is 2.98. The molecule has 4 nitrogen and oxygen atoms in total. The van der Waals surface area contributed by atoms with Crippen molar-refractivity contribution in [1.82, 2.24) is 5.32 Å². The summed E-state index contributed by atoms with van der Waals surface area (Å²) in [6, 6.07) is 8.79. The molecule has 1 unspecified atom stereocenters. The van der Waals surface area contributed by atoms with Crippen LogP contribution >= 0.6 is 0 Å². The van der Waals surface area contributed by atoms with Gasteiger partial charge >= 0.3 is 5.97 Å². The van der Waals surface area contributed by atoms with Gasteiger partial charge in [0.25, 0.3) is 0 Å². The number of carbonyl (C=O) groups excluding carboxylic acids is 1. The molecule has 0 aliphatic rings. The zero-order chi connectivity index (χ0) is 14.5. The minimum atomic E-state index is -1.22. The van der Waals surface area contributed by atoms with Crippen LogP contribution in [0.3, 0.4) is 0 Å². The van der Waals surface area contributed by atoms with Gasteiger partial charge in [0, 0.05) is 13.0 Å². The first-order valence-electron chi connectivity index (χ1n) is 6.06. The van der Waals surface area contributed by atoms with Gasteiger partial charge in [-0.1, -0.05) is 42.5 Å². The van der Waals surface area contributed by atoms with E-state index in [4.69, 9.17) is 0 Å². The van der Waals surface area contributed by atoms with E-state index in [1.807, 2.05) is 6.07 Å². The van der Waals surface area contributed by atoms with Gasteiger partial charge < -0.3 is 10.4 Å². The van der Waals surface area contributed by atoms with E-state index < -0.39 is 11.4 Å². The van der Waals surface area contributed by atoms with Crippen LogP contribution < -0.4 is 5.32 Å². The van der Waals surface area contributed by atoms with E-state index in [9.17, 15) is 14.7 Å². The van der Waals surface area contributed by atoms with E-state index in [-0.39, 0.29) is 12.3 Å². The Balaban J connectivity index is 2.87. The van der Waals surface area contributed by atoms with Crippen LogP contribution in [-0.4, -0.2) is 23.5 Å². The Morgan fingerprint density at radius 2 is 1.89 bits per heavy atom. The highest BCUT2D eigenvalue weighted by atomic mass is 16.4. The lowest BCUT2D eigenvalue weighted by atomic mass is 9.79. The zero-order valence-corrected chi connectivity index (χ0v) is 11.3. The van der Waals surface area contributed by atoms with Gasteiger partial charge in [-0.3, -0.25) is 9.59 Å². The van der Waals surface area contributed by atoms with Gasteiger partial charge in [-0.05, 0) is 19.4 Å². The zero-order valence-electron chi connectivity index (χ0n) is 11.3. The molecule has 0 aromatic heterocycles.